The minimum atomic E-state index is -0.197. The fourth-order valence-electron chi connectivity index (χ4n) is 16.6. The molecule has 4 aliphatic rings. The van der Waals surface area contributed by atoms with Gasteiger partial charge >= 0.3 is 0 Å². The van der Waals surface area contributed by atoms with Gasteiger partial charge in [0.2, 0.25) is 0 Å². The lowest BCUT2D eigenvalue weighted by Crippen LogP contribution is -2.33. The Hall–Kier alpha value is -11.1. The van der Waals surface area contributed by atoms with Gasteiger partial charge in [-0.3, -0.25) is 0 Å². The van der Waals surface area contributed by atoms with Crippen molar-refractivity contribution in [2.45, 2.75) is 122 Å². The van der Waals surface area contributed by atoms with E-state index in [1.165, 1.54) is 95.1 Å². The van der Waals surface area contributed by atoms with Crippen LogP contribution in [0.5, 0.6) is 0 Å². The molecule has 0 saturated carbocycles. The summed E-state index contributed by atoms with van der Waals surface area (Å²) in [4.78, 5) is 13.0. The van der Waals surface area contributed by atoms with Crippen LogP contribution in [0.3, 0.4) is 0 Å². The van der Waals surface area contributed by atoms with Crippen molar-refractivity contribution < 1.29 is 0 Å². The number of para-hydroxylation sites is 6. The first-order chi connectivity index (χ1) is 49.2. The van der Waals surface area contributed by atoms with Gasteiger partial charge in [0, 0.05) is 63.0 Å². The number of rotatable bonds is 10. The predicted molar refractivity (Wildman–Crippen MR) is 430 cm³/mol. The van der Waals surface area contributed by atoms with Crippen molar-refractivity contribution in [3.63, 3.8) is 0 Å². The highest BCUT2D eigenvalue weighted by atomic mass is 15.2. The van der Waals surface area contributed by atoms with Crippen molar-refractivity contribution in [1.82, 2.24) is 0 Å². The molecule has 0 aliphatic carbocycles. The van der Waals surface area contributed by atoms with Crippen molar-refractivity contribution in [2.75, 3.05) is 24.5 Å². The third kappa shape index (κ3) is 10.9. The average Bonchev–Trinajstić information content (AvgIpc) is 0.684. The maximum absolute atomic E-state index is 2.73. The van der Waals surface area contributed by atoms with Crippen LogP contribution in [0.2, 0.25) is 0 Å². The van der Waals surface area contributed by atoms with E-state index in [0.29, 0.717) is 0 Å². The van der Waals surface area contributed by atoms with E-state index in [4.69, 9.17) is 0 Å². The zero-order valence-electron chi connectivity index (χ0n) is 60.8. The van der Waals surface area contributed by atoms with Crippen LogP contribution in [-0.2, 0) is 21.7 Å². The minimum Gasteiger partial charge on any atom is -0.310 e. The Labute approximate surface area is 604 Å². The standard InChI is InChI=1S/C97H89N5/c1-94(2,3)66-53-67(95(4,5)6)56-74(55-66)101-83-62-84-80(61-79(83)90-77-47-31-33-49-81(77)99(72-43-27-17-28-44-72)85-51-65(52-86(101)92(85)90)89(63-35-19-13-20-36-63)64-37-21-14-22-38-64)91-78-48-32-34-50-82(78)100(73-45-29-18-30-46-73)87-59-76(98(70-39-23-15-24-40-70)71-41-25-16-26-42-71)60-88(93(87)91)102(84)75-57-68(96(7,8)9)54-69(58-75)97(10,11)12/h13-62,89-91H,1-12H3. The molecule has 5 nitrogen and oxygen atoms in total. The first-order valence-electron chi connectivity index (χ1n) is 36.5. The topological polar surface area (TPSA) is 16.2 Å². The number of nitrogens with zero attached hydrogens (tertiary/aromatic N) is 5. The second-order valence-corrected chi connectivity index (χ2v) is 32.6. The molecule has 102 heavy (non-hydrogen) atoms. The lowest BCUT2D eigenvalue weighted by molar-refractivity contribution is 0.568. The largest absolute Gasteiger partial charge is 0.310 e. The van der Waals surface area contributed by atoms with Crippen LogP contribution in [0.25, 0.3) is 0 Å². The van der Waals surface area contributed by atoms with Crippen molar-refractivity contribution in [3.8, 4) is 0 Å². The predicted octanol–water partition coefficient (Wildman–Crippen LogP) is 27.0. The summed E-state index contributed by atoms with van der Waals surface area (Å²) in [7, 11) is 0. The lowest BCUT2D eigenvalue weighted by atomic mass is 9.70. The summed E-state index contributed by atoms with van der Waals surface area (Å²) >= 11 is 0. The van der Waals surface area contributed by atoms with Gasteiger partial charge in [0.25, 0.3) is 0 Å². The summed E-state index contributed by atoms with van der Waals surface area (Å²) in [6.07, 6.45) is 0. The molecule has 0 aromatic heterocycles. The number of fused-ring (bicyclic) bond motifs is 8. The van der Waals surface area contributed by atoms with Crippen LogP contribution in [-0.4, -0.2) is 0 Å². The fraction of sp³-hybridized carbons (Fsp3) is 0.196. The van der Waals surface area contributed by atoms with Crippen molar-refractivity contribution in [2.24, 2.45) is 0 Å². The fourth-order valence-corrected chi connectivity index (χ4v) is 16.6. The summed E-state index contributed by atoms with van der Waals surface area (Å²) < 4.78 is 0. The van der Waals surface area contributed by atoms with Crippen LogP contribution in [0.4, 0.5) is 85.3 Å². The molecule has 2 atom stereocenters. The van der Waals surface area contributed by atoms with Crippen LogP contribution in [0.1, 0.15) is 173 Å². The number of hydrogen-bond acceptors (Lipinski definition) is 5. The van der Waals surface area contributed by atoms with Gasteiger partial charge in [-0.25, -0.2) is 0 Å². The molecular weight excluding hydrogens is 1240 g/mol. The molecule has 0 spiro atoms. The summed E-state index contributed by atoms with van der Waals surface area (Å²) in [5, 5.41) is 0. The van der Waals surface area contributed by atoms with E-state index in [-0.39, 0.29) is 39.4 Å². The van der Waals surface area contributed by atoms with E-state index >= 15 is 0 Å². The van der Waals surface area contributed by atoms with E-state index in [1.807, 2.05) is 0 Å². The quantitative estimate of drug-likeness (QED) is 0.127. The summed E-state index contributed by atoms with van der Waals surface area (Å²) in [6, 6.07) is 116. The second-order valence-electron chi connectivity index (χ2n) is 32.6. The van der Waals surface area contributed by atoms with Gasteiger partial charge in [-0.15, -0.1) is 0 Å². The van der Waals surface area contributed by atoms with E-state index in [9.17, 15) is 0 Å². The zero-order chi connectivity index (χ0) is 70.1. The highest BCUT2D eigenvalue weighted by molar-refractivity contribution is 6.03. The maximum Gasteiger partial charge on any atom is 0.0545 e. The molecule has 2 unspecified atom stereocenters. The Bertz CT molecular complexity index is 4870. The maximum atomic E-state index is 2.73. The van der Waals surface area contributed by atoms with Gasteiger partial charge in [0.1, 0.15) is 0 Å². The smallest absolute Gasteiger partial charge is 0.0545 e. The summed E-state index contributed by atoms with van der Waals surface area (Å²) in [5.41, 5.74) is 32.9. The molecule has 17 rings (SSSR count). The Morgan fingerprint density at radius 1 is 0.235 bits per heavy atom. The monoisotopic (exact) mass is 1320 g/mol. The Morgan fingerprint density at radius 2 is 0.539 bits per heavy atom. The molecule has 4 aliphatic heterocycles. The second kappa shape index (κ2) is 24.3. The van der Waals surface area contributed by atoms with Gasteiger partial charge in [0.05, 0.1) is 51.2 Å². The SMILES string of the molecule is CC(C)(C)c1cc(N2c3cc4c(cc3C3c5ccccc5N(c5ccccc5)c5cc(C(c6ccccc6)c6ccccc6)cc2c53)C2c3ccccc3N(c3ccccc3)c3cc(N(c5ccccc5)c5ccccc5)cc(c32)N4c2cc(C(C)(C)C)cc(C(C)(C)C)c2)cc(C(C)(C)C)c1. The molecule has 0 saturated heterocycles. The van der Waals surface area contributed by atoms with E-state index in [0.717, 1.165) is 62.6 Å². The van der Waals surface area contributed by atoms with E-state index in [1.54, 1.807) is 0 Å². The molecule has 13 aromatic rings. The molecule has 0 bridgehead atoms. The number of benzene rings is 13. The number of anilines is 15. The van der Waals surface area contributed by atoms with Gasteiger partial charge < -0.3 is 24.5 Å². The Kier molecular flexibility index (Phi) is 15.3. The van der Waals surface area contributed by atoms with Crippen LogP contribution in [0.15, 0.2) is 303 Å². The van der Waals surface area contributed by atoms with Crippen molar-refractivity contribution in [3.05, 3.63) is 376 Å². The molecule has 502 valence electrons. The zero-order valence-corrected chi connectivity index (χ0v) is 60.8. The molecule has 5 heteroatoms. The minimum absolute atomic E-state index is 0.101. The lowest BCUT2D eigenvalue weighted by Gasteiger charge is -2.49. The van der Waals surface area contributed by atoms with E-state index < -0.39 is 0 Å². The van der Waals surface area contributed by atoms with Gasteiger partial charge in [0.15, 0.2) is 0 Å². The van der Waals surface area contributed by atoms with Crippen molar-refractivity contribution in [1.29, 1.82) is 0 Å². The average molecular weight is 1320 g/mol. The van der Waals surface area contributed by atoms with Gasteiger partial charge in [-0.1, -0.05) is 265 Å². The molecule has 0 amide bonds. The van der Waals surface area contributed by atoms with Gasteiger partial charge in [-0.05, 0) is 204 Å². The van der Waals surface area contributed by atoms with Crippen LogP contribution >= 0.6 is 0 Å². The third-order valence-electron chi connectivity index (χ3n) is 21.8. The molecule has 0 radical (unpaired) electrons. The van der Waals surface area contributed by atoms with Crippen LogP contribution in [0, 0.1) is 0 Å². The molecular formula is C97H89N5. The number of hydrogen-bond donors (Lipinski definition) is 0. The first-order valence-corrected chi connectivity index (χ1v) is 36.5. The Morgan fingerprint density at radius 3 is 0.892 bits per heavy atom. The van der Waals surface area contributed by atoms with Gasteiger partial charge in [-0.2, -0.15) is 0 Å². The molecule has 13 aromatic carbocycles. The summed E-state index contributed by atoms with van der Waals surface area (Å²) in [6.45, 7) is 28.5. The van der Waals surface area contributed by atoms with E-state index in [2.05, 4.69) is 411 Å². The Balaban J connectivity index is 1.06. The van der Waals surface area contributed by atoms with Crippen LogP contribution < -0.4 is 24.5 Å². The molecule has 0 fully saturated rings. The normalized spacial score (nSPS) is 15.1. The highest BCUT2D eigenvalue weighted by Gasteiger charge is 2.48. The molecule has 0 N–H and O–H groups in total. The summed E-state index contributed by atoms with van der Waals surface area (Å²) in [5.74, 6) is -0.484. The van der Waals surface area contributed by atoms with Crippen molar-refractivity contribution >= 4 is 85.3 Å². The highest BCUT2D eigenvalue weighted by Crippen LogP contribution is 2.67. The first kappa shape index (κ1) is 64.3. The molecule has 4 heterocycles. The third-order valence-corrected chi connectivity index (χ3v) is 21.8.